The van der Waals surface area contributed by atoms with Crippen LogP contribution in [0.1, 0.15) is 20.3 Å². The minimum atomic E-state index is 0.598. The van der Waals surface area contributed by atoms with Gasteiger partial charge in [0.05, 0.1) is 7.11 Å². The van der Waals surface area contributed by atoms with Gasteiger partial charge in [0.25, 0.3) is 0 Å². The van der Waals surface area contributed by atoms with Crippen molar-refractivity contribution in [3.63, 3.8) is 0 Å². The molecule has 0 saturated carbocycles. The van der Waals surface area contributed by atoms with E-state index in [2.05, 4.69) is 31.3 Å². The molecule has 0 bridgehead atoms. The fraction of sp³-hybridized carbons (Fsp3) is 0.538. The zero-order valence-corrected chi connectivity index (χ0v) is 11.1. The molecule has 0 aromatic heterocycles. The highest BCUT2D eigenvalue weighted by Gasteiger charge is 2.05. The third kappa shape index (κ3) is 4.45. The summed E-state index contributed by atoms with van der Waals surface area (Å²) in [6, 6.07) is 8.83. The fourth-order valence-corrected chi connectivity index (χ4v) is 2.62. The lowest BCUT2D eigenvalue weighted by atomic mass is 10.2. The van der Waals surface area contributed by atoms with E-state index in [0.717, 1.165) is 18.0 Å². The molecule has 0 spiro atoms. The minimum Gasteiger partial charge on any atom is -0.497 e. The first-order valence-electron chi connectivity index (χ1n) is 5.80. The van der Waals surface area contributed by atoms with Gasteiger partial charge in [0, 0.05) is 16.7 Å². The molecule has 1 aromatic rings. The molecule has 1 rings (SSSR count). The van der Waals surface area contributed by atoms with Crippen LogP contribution in [0.4, 0.5) is 0 Å². The molecule has 1 N–H and O–H groups in total. The van der Waals surface area contributed by atoms with Crippen molar-refractivity contribution in [2.45, 2.75) is 31.2 Å². The van der Waals surface area contributed by atoms with Gasteiger partial charge in [-0.2, -0.15) is 0 Å². The Kier molecular flexibility index (Phi) is 6.34. The van der Waals surface area contributed by atoms with E-state index in [0.29, 0.717) is 6.04 Å². The van der Waals surface area contributed by atoms with E-state index >= 15 is 0 Å². The highest BCUT2D eigenvalue weighted by atomic mass is 32.2. The monoisotopic (exact) mass is 239 g/mol. The second-order valence-corrected chi connectivity index (χ2v) is 4.75. The molecule has 90 valence electrons. The molecule has 0 fully saturated rings. The molecule has 2 nitrogen and oxygen atoms in total. The van der Waals surface area contributed by atoms with Crippen LogP contribution in [0.3, 0.4) is 0 Å². The van der Waals surface area contributed by atoms with Crippen LogP contribution in [0.5, 0.6) is 5.75 Å². The van der Waals surface area contributed by atoms with Gasteiger partial charge in [0.15, 0.2) is 0 Å². The summed E-state index contributed by atoms with van der Waals surface area (Å²) in [5.41, 5.74) is 0. The van der Waals surface area contributed by atoms with Crippen molar-refractivity contribution in [2.75, 3.05) is 19.4 Å². The number of benzene rings is 1. The van der Waals surface area contributed by atoms with Crippen molar-refractivity contribution in [2.24, 2.45) is 0 Å². The maximum atomic E-state index is 5.21. The maximum absolute atomic E-state index is 5.21. The molecule has 0 aliphatic carbocycles. The van der Waals surface area contributed by atoms with Gasteiger partial charge in [0.2, 0.25) is 0 Å². The first kappa shape index (κ1) is 13.4. The molecular weight excluding hydrogens is 218 g/mol. The van der Waals surface area contributed by atoms with Crippen LogP contribution in [0, 0.1) is 0 Å². The molecule has 0 aliphatic rings. The first-order valence-corrected chi connectivity index (χ1v) is 6.79. The van der Waals surface area contributed by atoms with Gasteiger partial charge in [-0.25, -0.2) is 0 Å². The summed E-state index contributed by atoms with van der Waals surface area (Å²) >= 11 is 1.88. The summed E-state index contributed by atoms with van der Waals surface area (Å²) in [5, 5.41) is 3.48. The molecule has 0 radical (unpaired) electrons. The van der Waals surface area contributed by atoms with Gasteiger partial charge in [-0.15, -0.1) is 11.8 Å². The second kappa shape index (κ2) is 7.58. The third-order valence-electron chi connectivity index (χ3n) is 2.48. The zero-order valence-electron chi connectivity index (χ0n) is 10.3. The molecule has 0 aliphatic heterocycles. The molecule has 1 unspecified atom stereocenters. The van der Waals surface area contributed by atoms with Crippen molar-refractivity contribution in [1.29, 1.82) is 0 Å². The third-order valence-corrected chi connectivity index (χ3v) is 3.63. The molecule has 3 heteroatoms. The maximum Gasteiger partial charge on any atom is 0.119 e. The summed E-state index contributed by atoms with van der Waals surface area (Å²) in [6.07, 6.45) is 1.17. The van der Waals surface area contributed by atoms with Gasteiger partial charge in [-0.3, -0.25) is 0 Å². The van der Waals surface area contributed by atoms with Gasteiger partial charge in [0.1, 0.15) is 5.75 Å². The lowest BCUT2D eigenvalue weighted by Crippen LogP contribution is -2.30. The van der Waals surface area contributed by atoms with Gasteiger partial charge in [-0.05, 0) is 31.2 Å². The number of thioether (sulfide) groups is 1. The molecule has 0 heterocycles. The van der Waals surface area contributed by atoms with E-state index in [1.807, 2.05) is 23.9 Å². The van der Waals surface area contributed by atoms with Crippen molar-refractivity contribution >= 4 is 11.8 Å². The molecule has 16 heavy (non-hydrogen) atoms. The highest BCUT2D eigenvalue weighted by Crippen LogP contribution is 2.23. The molecular formula is C13H21NOS. The molecule has 0 saturated heterocycles. The first-order chi connectivity index (χ1) is 7.80. The Hall–Kier alpha value is -0.670. The summed E-state index contributed by atoms with van der Waals surface area (Å²) in [5.74, 6) is 2.04. The SMILES string of the molecule is CCNC(CC)CSc1cccc(OC)c1. The smallest absolute Gasteiger partial charge is 0.119 e. The predicted molar refractivity (Wildman–Crippen MR) is 71.5 cm³/mol. The largest absolute Gasteiger partial charge is 0.497 e. The number of hydrogen-bond donors (Lipinski definition) is 1. The van der Waals surface area contributed by atoms with Crippen molar-refractivity contribution in [3.05, 3.63) is 24.3 Å². The topological polar surface area (TPSA) is 21.3 Å². The van der Waals surface area contributed by atoms with Crippen LogP contribution >= 0.6 is 11.8 Å². The second-order valence-electron chi connectivity index (χ2n) is 3.65. The van der Waals surface area contributed by atoms with Gasteiger partial charge < -0.3 is 10.1 Å². The predicted octanol–water partition coefficient (Wildman–Crippen LogP) is 3.18. The Morgan fingerprint density at radius 1 is 1.38 bits per heavy atom. The minimum absolute atomic E-state index is 0.598. The van der Waals surface area contributed by atoms with Gasteiger partial charge in [-0.1, -0.05) is 19.9 Å². The Bertz CT molecular complexity index is 304. The van der Waals surface area contributed by atoms with Crippen LogP contribution in [0.25, 0.3) is 0 Å². The van der Waals surface area contributed by atoms with Crippen LogP contribution in [0.15, 0.2) is 29.2 Å². The number of nitrogens with one attached hydrogen (secondary N) is 1. The zero-order chi connectivity index (χ0) is 11.8. The van der Waals surface area contributed by atoms with Crippen molar-refractivity contribution < 1.29 is 4.74 Å². The number of rotatable bonds is 7. The normalized spacial score (nSPS) is 12.4. The lowest BCUT2D eigenvalue weighted by molar-refractivity contribution is 0.413. The number of ether oxygens (including phenoxy) is 1. The van der Waals surface area contributed by atoms with E-state index in [9.17, 15) is 0 Å². The average Bonchev–Trinajstić information content (AvgIpc) is 2.34. The molecule has 1 aromatic carbocycles. The average molecular weight is 239 g/mol. The van der Waals surface area contributed by atoms with Gasteiger partial charge >= 0.3 is 0 Å². The quantitative estimate of drug-likeness (QED) is 0.738. The summed E-state index contributed by atoms with van der Waals surface area (Å²) < 4.78 is 5.21. The van der Waals surface area contributed by atoms with Crippen LogP contribution < -0.4 is 10.1 Å². The Morgan fingerprint density at radius 3 is 2.81 bits per heavy atom. The molecule has 1 atom stereocenters. The highest BCUT2D eigenvalue weighted by molar-refractivity contribution is 7.99. The van der Waals surface area contributed by atoms with Crippen LogP contribution in [0.2, 0.25) is 0 Å². The fourth-order valence-electron chi connectivity index (χ4n) is 1.50. The summed E-state index contributed by atoms with van der Waals surface area (Å²) in [4.78, 5) is 1.27. The lowest BCUT2D eigenvalue weighted by Gasteiger charge is -2.15. The van der Waals surface area contributed by atoms with E-state index in [1.165, 1.54) is 11.3 Å². The standard InChI is InChI=1S/C13H21NOS/c1-4-11(14-5-2)10-16-13-8-6-7-12(9-13)15-3/h6-9,11,14H,4-5,10H2,1-3H3. The van der Waals surface area contributed by atoms with Crippen molar-refractivity contribution in [1.82, 2.24) is 5.32 Å². The number of methoxy groups -OCH3 is 1. The Balaban J connectivity index is 2.46. The van der Waals surface area contributed by atoms with E-state index in [1.54, 1.807) is 7.11 Å². The summed E-state index contributed by atoms with van der Waals surface area (Å²) in [6.45, 7) is 5.41. The van der Waals surface area contributed by atoms with E-state index in [4.69, 9.17) is 4.74 Å². The van der Waals surface area contributed by atoms with E-state index in [-0.39, 0.29) is 0 Å². The number of hydrogen-bond acceptors (Lipinski definition) is 3. The van der Waals surface area contributed by atoms with Crippen LogP contribution in [-0.2, 0) is 0 Å². The summed E-state index contributed by atoms with van der Waals surface area (Å²) in [7, 11) is 1.71. The van der Waals surface area contributed by atoms with Crippen LogP contribution in [-0.4, -0.2) is 25.4 Å². The molecule has 0 amide bonds. The van der Waals surface area contributed by atoms with E-state index < -0.39 is 0 Å². The van der Waals surface area contributed by atoms with Crippen molar-refractivity contribution in [3.8, 4) is 5.75 Å². The Morgan fingerprint density at radius 2 is 2.19 bits per heavy atom. The Labute approximate surface area is 103 Å².